The maximum absolute atomic E-state index is 12.3. The topological polar surface area (TPSA) is 53.3 Å². The number of nitrogens with zero attached hydrogens (tertiary/aromatic N) is 2. The predicted octanol–water partition coefficient (Wildman–Crippen LogP) is 3.58. The van der Waals surface area contributed by atoms with Crippen LogP contribution in [0.25, 0.3) is 5.70 Å². The summed E-state index contributed by atoms with van der Waals surface area (Å²) >= 11 is 3.52. The van der Waals surface area contributed by atoms with Crippen molar-refractivity contribution in [3.8, 4) is 11.8 Å². The van der Waals surface area contributed by atoms with Crippen molar-refractivity contribution in [1.29, 1.82) is 5.26 Å². The Morgan fingerprint density at radius 2 is 2.29 bits per heavy atom. The molecular formula is C16H17BrN2O2. The van der Waals surface area contributed by atoms with E-state index in [1.165, 1.54) is 0 Å². The van der Waals surface area contributed by atoms with Gasteiger partial charge in [-0.15, -0.1) is 0 Å². The maximum atomic E-state index is 12.3. The molecule has 1 amide bonds. The van der Waals surface area contributed by atoms with Crippen LogP contribution in [-0.4, -0.2) is 24.0 Å². The Labute approximate surface area is 133 Å². The standard InChI is InChI=1S/C16H17BrN2O2/c1-3-19-15(7-4-11(2)16(19)20)13-6-5-12(10-14(13)17)21-9-8-18/h5-7,10-11H,3-4,9H2,1-2H3. The smallest absolute Gasteiger partial charge is 0.230 e. The minimum Gasteiger partial charge on any atom is -0.479 e. The second-order valence-corrected chi connectivity index (χ2v) is 5.75. The molecule has 0 N–H and O–H groups in total. The second-order valence-electron chi connectivity index (χ2n) is 4.90. The van der Waals surface area contributed by atoms with Gasteiger partial charge in [-0.25, -0.2) is 0 Å². The van der Waals surface area contributed by atoms with Gasteiger partial charge in [0.1, 0.15) is 11.8 Å². The van der Waals surface area contributed by atoms with Crippen molar-refractivity contribution >= 4 is 27.5 Å². The van der Waals surface area contributed by atoms with Gasteiger partial charge in [0, 0.05) is 28.2 Å². The first-order chi connectivity index (χ1) is 10.1. The molecule has 0 aliphatic carbocycles. The molecule has 1 aliphatic heterocycles. The van der Waals surface area contributed by atoms with Crippen LogP contribution in [0.2, 0.25) is 0 Å². The number of rotatable bonds is 4. The van der Waals surface area contributed by atoms with Gasteiger partial charge in [-0.3, -0.25) is 4.79 Å². The number of allylic oxidation sites excluding steroid dienone is 1. The Morgan fingerprint density at radius 1 is 1.52 bits per heavy atom. The number of hydrogen-bond acceptors (Lipinski definition) is 3. The summed E-state index contributed by atoms with van der Waals surface area (Å²) in [6.45, 7) is 4.59. The fourth-order valence-corrected chi connectivity index (χ4v) is 2.94. The Kier molecular flexibility index (Phi) is 5.03. The lowest BCUT2D eigenvalue weighted by molar-refractivity contribution is -0.131. The number of nitriles is 1. The van der Waals surface area contributed by atoms with Gasteiger partial charge in [-0.2, -0.15) is 5.26 Å². The molecule has 2 rings (SSSR count). The summed E-state index contributed by atoms with van der Waals surface area (Å²) in [6.07, 6.45) is 2.86. The third-order valence-electron chi connectivity index (χ3n) is 3.48. The number of halogens is 1. The van der Waals surface area contributed by atoms with Gasteiger partial charge >= 0.3 is 0 Å². The van der Waals surface area contributed by atoms with Gasteiger partial charge in [0.15, 0.2) is 6.61 Å². The minimum atomic E-state index is 0.0194. The van der Waals surface area contributed by atoms with E-state index in [0.717, 1.165) is 22.2 Å². The van der Waals surface area contributed by atoms with E-state index >= 15 is 0 Å². The highest BCUT2D eigenvalue weighted by Crippen LogP contribution is 2.34. The zero-order chi connectivity index (χ0) is 15.4. The van der Waals surface area contributed by atoms with E-state index in [1.807, 2.05) is 43.0 Å². The highest BCUT2D eigenvalue weighted by Gasteiger charge is 2.27. The average molecular weight is 349 g/mol. The third kappa shape index (κ3) is 3.27. The highest BCUT2D eigenvalue weighted by atomic mass is 79.9. The lowest BCUT2D eigenvalue weighted by Gasteiger charge is -2.31. The van der Waals surface area contributed by atoms with E-state index in [2.05, 4.69) is 22.0 Å². The summed E-state index contributed by atoms with van der Waals surface area (Å²) in [5.74, 6) is 0.823. The van der Waals surface area contributed by atoms with E-state index in [-0.39, 0.29) is 18.4 Å². The van der Waals surface area contributed by atoms with E-state index in [4.69, 9.17) is 10.00 Å². The number of carbonyl (C=O) groups is 1. The van der Waals surface area contributed by atoms with Gasteiger partial charge in [0.25, 0.3) is 0 Å². The van der Waals surface area contributed by atoms with Crippen molar-refractivity contribution in [2.75, 3.05) is 13.2 Å². The summed E-state index contributed by atoms with van der Waals surface area (Å²) in [5, 5.41) is 8.54. The fourth-order valence-electron chi connectivity index (χ4n) is 2.37. The van der Waals surface area contributed by atoms with E-state index in [1.54, 1.807) is 0 Å². The molecule has 0 fully saturated rings. The highest BCUT2D eigenvalue weighted by molar-refractivity contribution is 9.10. The van der Waals surface area contributed by atoms with Gasteiger partial charge in [-0.1, -0.05) is 13.0 Å². The molecule has 1 aliphatic rings. The van der Waals surface area contributed by atoms with Crippen LogP contribution in [0.3, 0.4) is 0 Å². The summed E-state index contributed by atoms with van der Waals surface area (Å²) in [7, 11) is 0. The van der Waals surface area contributed by atoms with Crippen LogP contribution in [0.1, 0.15) is 25.8 Å². The molecule has 4 nitrogen and oxygen atoms in total. The summed E-state index contributed by atoms with van der Waals surface area (Å²) in [6, 6.07) is 7.49. The lowest BCUT2D eigenvalue weighted by atomic mass is 9.97. The third-order valence-corrected chi connectivity index (χ3v) is 4.14. The quantitative estimate of drug-likeness (QED) is 0.835. The zero-order valence-corrected chi connectivity index (χ0v) is 13.7. The molecule has 1 atom stereocenters. The molecule has 1 heterocycles. The Hall–Kier alpha value is -1.80. The predicted molar refractivity (Wildman–Crippen MR) is 84.4 cm³/mol. The number of ether oxygens (including phenoxy) is 1. The Morgan fingerprint density at radius 3 is 2.90 bits per heavy atom. The molecule has 0 saturated carbocycles. The molecule has 1 aromatic rings. The maximum Gasteiger partial charge on any atom is 0.230 e. The van der Waals surface area contributed by atoms with Crippen LogP contribution in [0.5, 0.6) is 5.75 Å². The van der Waals surface area contributed by atoms with Crippen LogP contribution in [0, 0.1) is 17.2 Å². The van der Waals surface area contributed by atoms with Crippen LogP contribution < -0.4 is 4.74 Å². The van der Waals surface area contributed by atoms with Gasteiger partial charge in [-0.05, 0) is 47.5 Å². The van der Waals surface area contributed by atoms with E-state index < -0.39 is 0 Å². The first-order valence-electron chi connectivity index (χ1n) is 6.89. The van der Waals surface area contributed by atoms with Crippen LogP contribution in [0.15, 0.2) is 28.7 Å². The molecule has 21 heavy (non-hydrogen) atoms. The normalized spacial score (nSPS) is 18.2. The molecule has 1 aromatic carbocycles. The van der Waals surface area contributed by atoms with Gasteiger partial charge in [0.05, 0.1) is 0 Å². The molecule has 1 unspecified atom stereocenters. The average Bonchev–Trinajstić information content (AvgIpc) is 2.48. The minimum absolute atomic E-state index is 0.0194. The second kappa shape index (κ2) is 6.77. The van der Waals surface area contributed by atoms with Crippen molar-refractivity contribution in [2.45, 2.75) is 20.3 Å². The SMILES string of the molecule is CCN1C(=O)C(C)CC=C1c1ccc(OCC#N)cc1Br. The van der Waals surface area contributed by atoms with Crippen molar-refractivity contribution in [2.24, 2.45) is 5.92 Å². The fraction of sp³-hybridized carbons (Fsp3) is 0.375. The molecule has 0 radical (unpaired) electrons. The largest absolute Gasteiger partial charge is 0.479 e. The van der Waals surface area contributed by atoms with Gasteiger partial charge in [0.2, 0.25) is 5.91 Å². The van der Waals surface area contributed by atoms with Crippen molar-refractivity contribution < 1.29 is 9.53 Å². The van der Waals surface area contributed by atoms with Crippen molar-refractivity contribution in [3.63, 3.8) is 0 Å². The molecule has 5 heteroatoms. The van der Waals surface area contributed by atoms with Crippen LogP contribution in [-0.2, 0) is 4.79 Å². The zero-order valence-electron chi connectivity index (χ0n) is 12.1. The molecule has 0 spiro atoms. The summed E-state index contributed by atoms with van der Waals surface area (Å²) < 4.78 is 6.13. The molecule has 0 saturated heterocycles. The van der Waals surface area contributed by atoms with E-state index in [0.29, 0.717) is 12.3 Å². The Balaban J connectivity index is 2.33. The number of hydrogen-bond donors (Lipinski definition) is 0. The van der Waals surface area contributed by atoms with Crippen LogP contribution in [0.4, 0.5) is 0 Å². The molecular weight excluding hydrogens is 332 g/mol. The summed E-state index contributed by atoms with van der Waals surface area (Å²) in [4.78, 5) is 14.1. The van der Waals surface area contributed by atoms with Gasteiger partial charge < -0.3 is 9.64 Å². The molecule has 0 bridgehead atoms. The Bertz CT molecular complexity index is 619. The van der Waals surface area contributed by atoms with Crippen molar-refractivity contribution in [3.05, 3.63) is 34.3 Å². The first-order valence-corrected chi connectivity index (χ1v) is 7.69. The number of amides is 1. The monoisotopic (exact) mass is 348 g/mol. The number of carbonyl (C=O) groups excluding carboxylic acids is 1. The first kappa shape index (κ1) is 15.6. The van der Waals surface area contributed by atoms with Crippen molar-refractivity contribution in [1.82, 2.24) is 4.90 Å². The van der Waals surface area contributed by atoms with Crippen LogP contribution >= 0.6 is 15.9 Å². The lowest BCUT2D eigenvalue weighted by Crippen LogP contribution is -2.36. The van der Waals surface area contributed by atoms with E-state index in [9.17, 15) is 4.79 Å². The summed E-state index contributed by atoms with van der Waals surface area (Å²) in [5.41, 5.74) is 1.89. The molecule has 0 aromatic heterocycles. The number of benzene rings is 1. The molecule has 110 valence electrons.